The van der Waals surface area contributed by atoms with Crippen LogP contribution in [0.5, 0.6) is 0 Å². The van der Waals surface area contributed by atoms with E-state index in [1.54, 1.807) is 0 Å². The fraction of sp³-hybridized carbons (Fsp3) is 0.0441. The minimum atomic E-state index is 0.109. The predicted molar refractivity (Wildman–Crippen MR) is 301 cm³/mol. The summed E-state index contributed by atoms with van der Waals surface area (Å²) >= 11 is 0. The molecule has 5 heteroatoms. The summed E-state index contributed by atoms with van der Waals surface area (Å²) in [6, 6.07) is 83.1. The SMILES string of the molecule is CC1=C(c2ccccc2/C=C\c2ccc(-c3cc(-c4ccccc4)nc(-c4ccc(-c5ccccc5)cc4)n3)cc2)C=CC2c3ccccc3N(c3ccc(-c4cccc5nc(-c6ccccc6)oc45)cc3)C12. The van der Waals surface area contributed by atoms with Crippen LogP contribution in [0.25, 0.3) is 96.4 Å². The maximum atomic E-state index is 6.43. The third kappa shape index (κ3) is 8.27. The summed E-state index contributed by atoms with van der Waals surface area (Å²) in [4.78, 5) is 17.6. The molecule has 0 fully saturated rings. The number of nitrogens with zero attached hydrogens (tertiary/aromatic N) is 4. The third-order valence-electron chi connectivity index (χ3n) is 14.4. The highest BCUT2D eigenvalue weighted by Gasteiger charge is 2.41. The van der Waals surface area contributed by atoms with Crippen molar-refractivity contribution in [2.75, 3.05) is 4.90 Å². The van der Waals surface area contributed by atoms with Crippen molar-refractivity contribution in [1.82, 2.24) is 15.0 Å². The highest BCUT2D eigenvalue weighted by atomic mass is 16.3. The van der Waals surface area contributed by atoms with E-state index in [-0.39, 0.29) is 12.0 Å². The van der Waals surface area contributed by atoms with Crippen LogP contribution >= 0.6 is 0 Å². The van der Waals surface area contributed by atoms with Gasteiger partial charge in [0, 0.05) is 45.1 Å². The van der Waals surface area contributed by atoms with Crippen LogP contribution < -0.4 is 4.90 Å². The molecule has 2 unspecified atom stereocenters. The average molecular weight is 937 g/mol. The smallest absolute Gasteiger partial charge is 0.227 e. The molecule has 346 valence electrons. The summed E-state index contributed by atoms with van der Waals surface area (Å²) in [6.45, 7) is 2.32. The van der Waals surface area contributed by atoms with Crippen molar-refractivity contribution in [3.63, 3.8) is 0 Å². The van der Waals surface area contributed by atoms with Crippen LogP contribution in [-0.4, -0.2) is 21.0 Å². The molecule has 0 spiro atoms. The van der Waals surface area contributed by atoms with Gasteiger partial charge in [-0.05, 0) is 99.5 Å². The van der Waals surface area contributed by atoms with E-state index < -0.39 is 0 Å². The Morgan fingerprint density at radius 3 is 1.78 bits per heavy atom. The van der Waals surface area contributed by atoms with E-state index in [0.29, 0.717) is 11.7 Å². The molecule has 1 aliphatic heterocycles. The third-order valence-corrected chi connectivity index (χ3v) is 14.4. The van der Waals surface area contributed by atoms with Crippen LogP contribution in [0.2, 0.25) is 0 Å². The quantitative estimate of drug-likeness (QED) is 0.128. The molecule has 1 aliphatic carbocycles. The van der Waals surface area contributed by atoms with Gasteiger partial charge in [0.1, 0.15) is 5.52 Å². The van der Waals surface area contributed by atoms with E-state index in [0.717, 1.165) is 72.7 Å². The van der Waals surface area contributed by atoms with E-state index in [4.69, 9.17) is 19.4 Å². The minimum absolute atomic E-state index is 0.109. The lowest BCUT2D eigenvalue weighted by atomic mass is 9.80. The van der Waals surface area contributed by atoms with Crippen LogP contribution in [-0.2, 0) is 0 Å². The number of allylic oxidation sites excluding steroid dienone is 2. The largest absolute Gasteiger partial charge is 0.435 e. The van der Waals surface area contributed by atoms with Crippen molar-refractivity contribution in [1.29, 1.82) is 0 Å². The van der Waals surface area contributed by atoms with E-state index in [1.165, 1.54) is 39.1 Å². The van der Waals surface area contributed by atoms with Crippen molar-refractivity contribution >= 4 is 40.2 Å². The molecule has 0 N–H and O–H groups in total. The normalized spacial score (nSPS) is 15.0. The van der Waals surface area contributed by atoms with Gasteiger partial charge in [-0.1, -0.05) is 218 Å². The molecular formula is C68H48N4O. The second kappa shape index (κ2) is 18.7. The lowest BCUT2D eigenvalue weighted by Gasteiger charge is -2.34. The Morgan fingerprint density at radius 1 is 0.466 bits per heavy atom. The molecule has 13 rings (SSSR count). The van der Waals surface area contributed by atoms with Gasteiger partial charge in [-0.15, -0.1) is 0 Å². The fourth-order valence-electron chi connectivity index (χ4n) is 10.7. The highest BCUT2D eigenvalue weighted by molar-refractivity contribution is 5.93. The van der Waals surface area contributed by atoms with E-state index in [9.17, 15) is 0 Å². The molecule has 0 amide bonds. The van der Waals surface area contributed by atoms with Gasteiger partial charge in [-0.3, -0.25) is 0 Å². The number of para-hydroxylation sites is 2. The Labute approximate surface area is 425 Å². The Balaban J connectivity index is 0.788. The average Bonchev–Trinajstić information content (AvgIpc) is 4.06. The number of hydrogen-bond acceptors (Lipinski definition) is 5. The van der Waals surface area contributed by atoms with Crippen LogP contribution in [0, 0.1) is 0 Å². The summed E-state index contributed by atoms with van der Waals surface area (Å²) in [5.41, 5.74) is 21.7. The first kappa shape index (κ1) is 43.6. The molecule has 9 aromatic carbocycles. The highest BCUT2D eigenvalue weighted by Crippen LogP contribution is 2.52. The summed E-state index contributed by atoms with van der Waals surface area (Å²) < 4.78 is 6.43. The lowest BCUT2D eigenvalue weighted by Crippen LogP contribution is -2.32. The van der Waals surface area contributed by atoms with Crippen molar-refractivity contribution < 1.29 is 4.42 Å². The van der Waals surface area contributed by atoms with Gasteiger partial charge in [0.15, 0.2) is 11.4 Å². The van der Waals surface area contributed by atoms with Gasteiger partial charge in [-0.25, -0.2) is 15.0 Å². The Morgan fingerprint density at radius 2 is 1.04 bits per heavy atom. The van der Waals surface area contributed by atoms with E-state index in [1.807, 2.05) is 48.5 Å². The molecule has 0 radical (unpaired) electrons. The maximum absolute atomic E-state index is 6.43. The number of anilines is 2. The molecule has 0 saturated heterocycles. The Bertz CT molecular complexity index is 3890. The van der Waals surface area contributed by atoms with Gasteiger partial charge in [0.05, 0.1) is 17.4 Å². The zero-order valence-corrected chi connectivity index (χ0v) is 40.2. The molecule has 5 nitrogen and oxygen atoms in total. The molecule has 2 atom stereocenters. The van der Waals surface area contributed by atoms with E-state index >= 15 is 0 Å². The summed E-state index contributed by atoms with van der Waals surface area (Å²) in [6.07, 6.45) is 9.22. The van der Waals surface area contributed by atoms with Crippen molar-refractivity contribution in [3.8, 4) is 67.6 Å². The second-order valence-corrected chi connectivity index (χ2v) is 18.8. The van der Waals surface area contributed by atoms with Crippen LogP contribution in [0.4, 0.5) is 11.4 Å². The second-order valence-electron chi connectivity index (χ2n) is 18.8. The standard InChI is InChI=1S/C68H48N4O/c1-45-56(42-43-60-59-24-13-14-27-64(59)72(65(45)60)55-40-38-50(39-41-55)58-25-15-26-61-66(58)73-68(71-61)54-21-9-4-10-22-54)57-23-12-11-18-49(57)31-28-46-29-32-52(33-30-46)63-44-62(51-19-7-3-8-20-51)69-67(70-63)53-36-34-48(35-37-53)47-16-5-2-6-17-47/h2-44,60,65H,1H3/b31-28-. The summed E-state index contributed by atoms with van der Waals surface area (Å²) in [5, 5.41) is 0. The van der Waals surface area contributed by atoms with Crippen LogP contribution in [0.3, 0.4) is 0 Å². The number of fused-ring (bicyclic) bond motifs is 4. The lowest BCUT2D eigenvalue weighted by molar-refractivity contribution is 0.621. The molecule has 0 saturated carbocycles. The van der Waals surface area contributed by atoms with Crippen molar-refractivity contribution in [2.45, 2.75) is 18.9 Å². The topological polar surface area (TPSA) is 55.1 Å². The Hall–Kier alpha value is -9.45. The molecular weight excluding hydrogens is 889 g/mol. The van der Waals surface area contributed by atoms with Crippen LogP contribution in [0.15, 0.2) is 259 Å². The zero-order valence-electron chi connectivity index (χ0n) is 40.2. The number of benzene rings is 9. The fourth-order valence-corrected chi connectivity index (χ4v) is 10.7. The van der Waals surface area contributed by atoms with Crippen molar-refractivity contribution in [3.05, 3.63) is 277 Å². The molecule has 0 bridgehead atoms. The van der Waals surface area contributed by atoms with Crippen molar-refractivity contribution in [2.24, 2.45) is 0 Å². The molecule has 2 aliphatic rings. The summed E-state index contributed by atoms with van der Waals surface area (Å²) in [7, 11) is 0. The van der Waals surface area contributed by atoms with Gasteiger partial charge in [-0.2, -0.15) is 0 Å². The number of oxazole rings is 1. The monoisotopic (exact) mass is 936 g/mol. The summed E-state index contributed by atoms with van der Waals surface area (Å²) in [5.74, 6) is 1.54. The Kier molecular flexibility index (Phi) is 11.2. The maximum Gasteiger partial charge on any atom is 0.227 e. The van der Waals surface area contributed by atoms with Gasteiger partial charge < -0.3 is 9.32 Å². The molecule has 2 aromatic heterocycles. The van der Waals surface area contributed by atoms with Gasteiger partial charge in [0.2, 0.25) is 5.89 Å². The molecule has 11 aromatic rings. The minimum Gasteiger partial charge on any atom is -0.435 e. The molecule has 3 heterocycles. The number of hydrogen-bond donors (Lipinski definition) is 0. The van der Waals surface area contributed by atoms with Gasteiger partial charge >= 0.3 is 0 Å². The van der Waals surface area contributed by atoms with E-state index in [2.05, 4.69) is 224 Å². The predicted octanol–water partition coefficient (Wildman–Crippen LogP) is 17.4. The van der Waals surface area contributed by atoms with Crippen LogP contribution in [0.1, 0.15) is 35.1 Å². The molecule has 73 heavy (non-hydrogen) atoms. The zero-order chi connectivity index (χ0) is 48.7. The number of rotatable bonds is 10. The first-order valence-corrected chi connectivity index (χ1v) is 24.9. The van der Waals surface area contributed by atoms with Gasteiger partial charge in [0.25, 0.3) is 0 Å². The first-order valence-electron chi connectivity index (χ1n) is 24.9. The number of aromatic nitrogens is 3. The first-order chi connectivity index (χ1) is 36.1.